The number of aromatic nitrogens is 3. The van der Waals surface area contributed by atoms with E-state index in [4.69, 9.17) is 4.42 Å². The lowest BCUT2D eigenvalue weighted by molar-refractivity contribution is -0.383. The summed E-state index contributed by atoms with van der Waals surface area (Å²) in [4.78, 5) is 22.8. The number of amides is 1. The molecule has 0 bridgehead atoms. The maximum atomic E-state index is 12.3. The number of nitro benzene ring substituents is 1. The van der Waals surface area contributed by atoms with Crippen molar-refractivity contribution < 1.29 is 14.1 Å². The first kappa shape index (κ1) is 19.6. The smallest absolute Gasteiger partial charge is 0.292 e. The zero-order valence-corrected chi connectivity index (χ0v) is 16.2. The van der Waals surface area contributed by atoms with Crippen LogP contribution in [0.25, 0.3) is 11.4 Å². The first-order valence-corrected chi connectivity index (χ1v) is 9.63. The largest absolute Gasteiger partial charge is 0.469 e. The van der Waals surface area contributed by atoms with Crippen molar-refractivity contribution in [3.05, 3.63) is 52.5 Å². The molecule has 0 radical (unpaired) electrons. The van der Waals surface area contributed by atoms with E-state index in [1.807, 2.05) is 24.5 Å². The molecule has 0 aliphatic carbocycles. The van der Waals surface area contributed by atoms with E-state index >= 15 is 0 Å². The van der Waals surface area contributed by atoms with Crippen molar-refractivity contribution in [3.8, 4) is 11.4 Å². The summed E-state index contributed by atoms with van der Waals surface area (Å²) in [5.41, 5.74) is 0.882. The van der Waals surface area contributed by atoms with Crippen molar-refractivity contribution in [2.45, 2.75) is 32.0 Å². The average Bonchev–Trinajstić information content (AvgIpc) is 3.26. The molecule has 2 heterocycles. The summed E-state index contributed by atoms with van der Waals surface area (Å²) in [6.45, 7) is 4.59. The highest BCUT2D eigenvalue weighted by atomic mass is 32.2. The lowest BCUT2D eigenvalue weighted by atomic mass is 10.2. The van der Waals surface area contributed by atoms with E-state index in [0.29, 0.717) is 17.5 Å². The lowest BCUT2D eigenvalue weighted by Gasteiger charge is -2.09. The Kier molecular flexibility index (Phi) is 6.09. The predicted octanol–water partition coefficient (Wildman–Crippen LogP) is 3.90. The third-order valence-corrected chi connectivity index (χ3v) is 4.94. The number of carbonyl (C=O) groups excluding carboxylic acids is 1. The first-order valence-electron chi connectivity index (χ1n) is 8.65. The van der Waals surface area contributed by atoms with Crippen molar-refractivity contribution in [3.63, 3.8) is 0 Å². The van der Waals surface area contributed by atoms with Crippen molar-refractivity contribution in [1.29, 1.82) is 0 Å². The standard InChI is InChI=1S/C18H19N5O4S/c1-3-9-22-17(13-8-10-27-12(13)2)20-21-18(22)28-11-16(24)19-14-6-4-5-7-15(14)23(25)26/h4-8,10H,3,9,11H2,1-2H3,(H,19,24). The van der Waals surface area contributed by atoms with Gasteiger partial charge in [-0.1, -0.05) is 30.8 Å². The normalized spacial score (nSPS) is 10.8. The van der Waals surface area contributed by atoms with E-state index in [-0.39, 0.29) is 23.0 Å². The molecule has 0 fully saturated rings. The molecule has 10 heteroatoms. The number of benzene rings is 1. The monoisotopic (exact) mass is 401 g/mol. The second kappa shape index (κ2) is 8.70. The van der Waals surface area contributed by atoms with Crippen molar-refractivity contribution >= 4 is 29.0 Å². The topological polar surface area (TPSA) is 116 Å². The summed E-state index contributed by atoms with van der Waals surface area (Å²) >= 11 is 1.23. The van der Waals surface area contributed by atoms with Crippen molar-refractivity contribution in [1.82, 2.24) is 14.8 Å². The Morgan fingerprint density at radius 2 is 2.11 bits per heavy atom. The summed E-state index contributed by atoms with van der Waals surface area (Å²) in [7, 11) is 0. The highest BCUT2D eigenvalue weighted by molar-refractivity contribution is 7.99. The Hall–Kier alpha value is -3.14. The number of nitro groups is 1. The molecule has 146 valence electrons. The van der Waals surface area contributed by atoms with Crippen LogP contribution in [0.15, 0.2) is 46.2 Å². The fraction of sp³-hybridized carbons (Fsp3) is 0.278. The number of hydrogen-bond acceptors (Lipinski definition) is 7. The molecule has 0 aliphatic rings. The van der Waals surface area contributed by atoms with Gasteiger partial charge in [0.25, 0.3) is 5.69 Å². The minimum atomic E-state index is -0.528. The van der Waals surface area contributed by atoms with E-state index in [2.05, 4.69) is 15.5 Å². The van der Waals surface area contributed by atoms with E-state index in [1.165, 1.54) is 23.9 Å². The number of aryl methyl sites for hydroxylation is 1. The molecule has 2 aromatic heterocycles. The molecule has 0 saturated heterocycles. The predicted molar refractivity (Wildman–Crippen MR) is 105 cm³/mol. The molecule has 3 rings (SSSR count). The van der Waals surface area contributed by atoms with Crippen LogP contribution in [0.4, 0.5) is 11.4 Å². The van der Waals surface area contributed by atoms with Crippen LogP contribution in [0.1, 0.15) is 19.1 Å². The minimum absolute atomic E-state index is 0.0538. The molecule has 9 nitrogen and oxygen atoms in total. The summed E-state index contributed by atoms with van der Waals surface area (Å²) < 4.78 is 7.29. The molecule has 3 aromatic rings. The molecule has 1 aromatic carbocycles. The number of nitrogens with one attached hydrogen (secondary N) is 1. The molecule has 0 saturated carbocycles. The highest BCUT2D eigenvalue weighted by Crippen LogP contribution is 2.28. The number of para-hydroxylation sites is 2. The number of carbonyl (C=O) groups is 1. The fourth-order valence-corrected chi connectivity index (χ4v) is 3.46. The average molecular weight is 401 g/mol. The van der Waals surface area contributed by atoms with E-state index in [1.54, 1.807) is 18.4 Å². The van der Waals surface area contributed by atoms with Gasteiger partial charge >= 0.3 is 0 Å². The Balaban J connectivity index is 1.73. The molecular weight excluding hydrogens is 382 g/mol. The van der Waals surface area contributed by atoms with Gasteiger partial charge in [0.1, 0.15) is 11.4 Å². The zero-order chi connectivity index (χ0) is 20.1. The van der Waals surface area contributed by atoms with Crippen LogP contribution in [0.2, 0.25) is 0 Å². The van der Waals surface area contributed by atoms with E-state index in [0.717, 1.165) is 17.7 Å². The van der Waals surface area contributed by atoms with Crippen LogP contribution >= 0.6 is 11.8 Å². The van der Waals surface area contributed by atoms with Crippen molar-refractivity contribution in [2.75, 3.05) is 11.1 Å². The number of hydrogen-bond donors (Lipinski definition) is 1. The Morgan fingerprint density at radius 3 is 2.79 bits per heavy atom. The molecule has 0 aliphatic heterocycles. The molecule has 1 N–H and O–H groups in total. The highest BCUT2D eigenvalue weighted by Gasteiger charge is 2.19. The van der Waals surface area contributed by atoms with Gasteiger partial charge in [-0.3, -0.25) is 14.9 Å². The lowest BCUT2D eigenvalue weighted by Crippen LogP contribution is -2.15. The third-order valence-electron chi connectivity index (χ3n) is 3.97. The number of anilines is 1. The van der Waals surface area contributed by atoms with Gasteiger partial charge in [0.15, 0.2) is 11.0 Å². The molecule has 0 unspecified atom stereocenters. The van der Waals surface area contributed by atoms with E-state index < -0.39 is 4.92 Å². The maximum Gasteiger partial charge on any atom is 0.292 e. The molecular formula is C18H19N5O4S. The Morgan fingerprint density at radius 1 is 1.32 bits per heavy atom. The number of furan rings is 1. The SMILES string of the molecule is CCCn1c(SCC(=O)Nc2ccccc2[N+](=O)[O-])nnc1-c1ccoc1C. The minimum Gasteiger partial charge on any atom is -0.469 e. The van der Waals surface area contributed by atoms with Crippen LogP contribution in [-0.4, -0.2) is 31.3 Å². The first-order chi connectivity index (χ1) is 13.5. The van der Waals surface area contributed by atoms with Gasteiger partial charge in [-0.05, 0) is 25.5 Å². The fourth-order valence-electron chi connectivity index (χ4n) is 2.69. The number of nitrogens with zero attached hydrogens (tertiary/aromatic N) is 4. The second-order valence-electron chi connectivity index (χ2n) is 5.96. The summed E-state index contributed by atoms with van der Waals surface area (Å²) in [6, 6.07) is 7.86. The van der Waals surface area contributed by atoms with Gasteiger partial charge in [-0.15, -0.1) is 10.2 Å². The van der Waals surface area contributed by atoms with Crippen molar-refractivity contribution in [2.24, 2.45) is 0 Å². The number of rotatable bonds is 8. The summed E-state index contributed by atoms with van der Waals surface area (Å²) in [5.74, 6) is 1.13. The molecule has 0 spiro atoms. The van der Waals surface area contributed by atoms with Gasteiger partial charge in [0, 0.05) is 12.6 Å². The third kappa shape index (κ3) is 4.22. The quantitative estimate of drug-likeness (QED) is 0.346. The van der Waals surface area contributed by atoms with Crippen LogP contribution in [0.5, 0.6) is 0 Å². The second-order valence-corrected chi connectivity index (χ2v) is 6.90. The van der Waals surface area contributed by atoms with Gasteiger partial charge in [-0.2, -0.15) is 0 Å². The van der Waals surface area contributed by atoms with Gasteiger partial charge in [0.2, 0.25) is 5.91 Å². The van der Waals surface area contributed by atoms with Gasteiger partial charge < -0.3 is 14.3 Å². The summed E-state index contributed by atoms with van der Waals surface area (Å²) in [6.07, 6.45) is 2.47. The maximum absolute atomic E-state index is 12.3. The van der Waals surface area contributed by atoms with Crippen LogP contribution in [0, 0.1) is 17.0 Å². The molecule has 1 amide bonds. The van der Waals surface area contributed by atoms with Gasteiger partial charge in [-0.25, -0.2) is 0 Å². The molecule has 0 atom stereocenters. The van der Waals surface area contributed by atoms with E-state index in [9.17, 15) is 14.9 Å². The van der Waals surface area contributed by atoms with Crippen LogP contribution < -0.4 is 5.32 Å². The molecule has 28 heavy (non-hydrogen) atoms. The van der Waals surface area contributed by atoms with Crippen LogP contribution in [0.3, 0.4) is 0 Å². The summed E-state index contributed by atoms with van der Waals surface area (Å²) in [5, 5.41) is 22.7. The van der Waals surface area contributed by atoms with Gasteiger partial charge in [0.05, 0.1) is 22.5 Å². The van der Waals surface area contributed by atoms with Crippen LogP contribution in [-0.2, 0) is 11.3 Å². The Labute approximate surface area is 165 Å². The zero-order valence-electron chi connectivity index (χ0n) is 15.4. The Bertz CT molecular complexity index is 998. The number of thioether (sulfide) groups is 1.